The number of ether oxygens (including phenoxy) is 1. The lowest BCUT2D eigenvalue weighted by molar-refractivity contribution is -0.142. The maximum absolute atomic E-state index is 13.7. The van der Waals surface area contributed by atoms with E-state index in [0.717, 1.165) is 24.3 Å². The highest BCUT2D eigenvalue weighted by Gasteiger charge is 2.39. The summed E-state index contributed by atoms with van der Waals surface area (Å²) in [5, 5.41) is 13.7. The Balaban J connectivity index is 1.91. The van der Waals surface area contributed by atoms with Crippen molar-refractivity contribution in [3.8, 4) is 6.07 Å². The molecule has 0 radical (unpaired) electrons. The number of halogens is 6. The van der Waals surface area contributed by atoms with Gasteiger partial charge in [0, 0.05) is 10.6 Å². The van der Waals surface area contributed by atoms with Crippen LogP contribution < -0.4 is 10.6 Å². The van der Waals surface area contributed by atoms with Gasteiger partial charge in [-0.2, -0.15) is 31.6 Å². The van der Waals surface area contributed by atoms with Gasteiger partial charge in [-0.25, -0.2) is 14.6 Å². The number of hydrogen-bond acceptors (Lipinski definition) is 6. The molecule has 3 rings (SSSR count). The Kier molecular flexibility index (Phi) is 8.52. The monoisotopic (exact) mass is 554 g/mol. The molecule has 38 heavy (non-hydrogen) atoms. The lowest BCUT2D eigenvalue weighted by Gasteiger charge is -2.15. The van der Waals surface area contributed by atoms with Gasteiger partial charge in [-0.15, -0.1) is 0 Å². The van der Waals surface area contributed by atoms with Gasteiger partial charge < -0.3 is 15.4 Å². The Labute approximate surface area is 215 Å². The van der Waals surface area contributed by atoms with E-state index >= 15 is 0 Å². The van der Waals surface area contributed by atoms with Crippen LogP contribution in [0.25, 0.3) is 0 Å². The fourth-order valence-electron chi connectivity index (χ4n) is 3.06. The second kappa shape index (κ2) is 11.4. The van der Waals surface area contributed by atoms with Crippen molar-refractivity contribution in [2.45, 2.75) is 29.2 Å². The number of aromatic nitrogens is 1. The fourth-order valence-corrected chi connectivity index (χ4v) is 3.99. The topological polar surface area (TPSA) is 104 Å². The minimum absolute atomic E-state index is 0.0655. The van der Waals surface area contributed by atoms with Gasteiger partial charge in [-0.3, -0.25) is 0 Å². The van der Waals surface area contributed by atoms with Crippen LogP contribution in [0, 0.1) is 11.3 Å². The molecule has 2 N–H and O–H groups in total. The average Bonchev–Trinajstić information content (AvgIpc) is 2.84. The van der Waals surface area contributed by atoms with E-state index in [0.29, 0.717) is 11.8 Å². The molecule has 14 heteroatoms. The molecule has 0 atom stereocenters. The van der Waals surface area contributed by atoms with Crippen LogP contribution in [0.3, 0.4) is 0 Å². The first-order chi connectivity index (χ1) is 17.8. The molecule has 2 aromatic carbocycles. The van der Waals surface area contributed by atoms with Gasteiger partial charge >= 0.3 is 24.4 Å². The standard InChI is InChI=1S/C24H16F6N4O3S/c1-2-37-21(35)16-10-13(12-31)20(34-19(16)24(28,29)30)38-18-9-4-3-8-17(18)33-22(36)32-15-7-5-6-14(11-15)23(25,26)27/h3-11H,2H2,1H3,(H2,32,33,36). The van der Waals surface area contributed by atoms with Crippen molar-refractivity contribution in [1.29, 1.82) is 5.26 Å². The van der Waals surface area contributed by atoms with Crippen molar-refractivity contribution < 1.29 is 40.7 Å². The van der Waals surface area contributed by atoms with E-state index in [1.807, 2.05) is 0 Å². The largest absolute Gasteiger partial charge is 0.462 e. The summed E-state index contributed by atoms with van der Waals surface area (Å²) in [7, 11) is 0. The average molecular weight is 554 g/mol. The first kappa shape index (κ1) is 28.3. The third-order valence-corrected chi connectivity index (χ3v) is 5.74. The molecule has 3 aromatic rings. The minimum Gasteiger partial charge on any atom is -0.462 e. The molecule has 0 saturated carbocycles. The second-order valence-electron chi connectivity index (χ2n) is 7.32. The molecule has 0 fully saturated rings. The van der Waals surface area contributed by atoms with Gasteiger partial charge in [0.25, 0.3) is 0 Å². The van der Waals surface area contributed by atoms with Crippen LogP contribution in [-0.4, -0.2) is 23.6 Å². The Hall–Kier alpha value is -4.25. The summed E-state index contributed by atoms with van der Waals surface area (Å²) in [6, 6.07) is 11.2. The number of rotatable bonds is 6. The van der Waals surface area contributed by atoms with Gasteiger partial charge in [0.1, 0.15) is 11.1 Å². The number of hydrogen-bond donors (Lipinski definition) is 2. The Morgan fingerprint density at radius 3 is 2.34 bits per heavy atom. The van der Waals surface area contributed by atoms with Crippen molar-refractivity contribution in [2.75, 3.05) is 17.2 Å². The normalized spacial score (nSPS) is 11.4. The highest BCUT2D eigenvalue weighted by atomic mass is 32.2. The number of esters is 1. The molecular formula is C24H16F6N4O3S. The number of nitrogens with one attached hydrogen (secondary N) is 2. The van der Waals surface area contributed by atoms with E-state index < -0.39 is 46.2 Å². The van der Waals surface area contributed by atoms with Crippen molar-refractivity contribution in [2.24, 2.45) is 0 Å². The summed E-state index contributed by atoms with van der Waals surface area (Å²) in [4.78, 5) is 28.2. The number of urea groups is 1. The van der Waals surface area contributed by atoms with Crippen LogP contribution in [0.1, 0.15) is 34.1 Å². The van der Waals surface area contributed by atoms with Crippen LogP contribution >= 0.6 is 11.8 Å². The van der Waals surface area contributed by atoms with Crippen molar-refractivity contribution >= 4 is 35.1 Å². The van der Waals surface area contributed by atoms with Crippen molar-refractivity contribution in [1.82, 2.24) is 4.98 Å². The first-order valence-electron chi connectivity index (χ1n) is 10.5. The lowest BCUT2D eigenvalue weighted by Crippen LogP contribution is -2.20. The molecule has 1 aromatic heterocycles. The van der Waals surface area contributed by atoms with E-state index in [9.17, 15) is 41.2 Å². The number of para-hydroxylation sites is 1. The Bertz CT molecular complexity index is 1400. The van der Waals surface area contributed by atoms with E-state index in [-0.39, 0.29) is 28.4 Å². The van der Waals surface area contributed by atoms with E-state index in [4.69, 9.17) is 0 Å². The summed E-state index contributed by atoms with van der Waals surface area (Å²) in [6.45, 7) is 1.21. The number of carbonyl (C=O) groups is 2. The van der Waals surface area contributed by atoms with Crippen LogP contribution in [0.5, 0.6) is 0 Å². The van der Waals surface area contributed by atoms with E-state index in [1.54, 1.807) is 6.07 Å². The summed E-state index contributed by atoms with van der Waals surface area (Å²) in [5.41, 5.74) is -3.89. The highest BCUT2D eigenvalue weighted by molar-refractivity contribution is 7.99. The number of amides is 2. The third kappa shape index (κ3) is 6.94. The van der Waals surface area contributed by atoms with Crippen molar-refractivity contribution in [3.05, 3.63) is 77.0 Å². The maximum Gasteiger partial charge on any atom is 0.434 e. The van der Waals surface area contributed by atoms with Gasteiger partial charge in [0.15, 0.2) is 5.69 Å². The smallest absolute Gasteiger partial charge is 0.434 e. The van der Waals surface area contributed by atoms with Gasteiger partial charge in [-0.1, -0.05) is 30.0 Å². The zero-order valence-electron chi connectivity index (χ0n) is 19.2. The highest BCUT2D eigenvalue weighted by Crippen LogP contribution is 2.38. The molecule has 0 aliphatic carbocycles. The molecule has 7 nitrogen and oxygen atoms in total. The molecule has 198 valence electrons. The maximum atomic E-state index is 13.7. The number of nitrogens with zero attached hydrogens (tertiary/aromatic N) is 2. The Morgan fingerprint density at radius 1 is 1.00 bits per heavy atom. The number of pyridine rings is 1. The number of carbonyl (C=O) groups excluding carboxylic acids is 2. The predicted octanol–water partition coefficient (Wildman–Crippen LogP) is 6.96. The molecule has 1 heterocycles. The van der Waals surface area contributed by atoms with E-state index in [1.165, 1.54) is 37.3 Å². The van der Waals surface area contributed by atoms with Crippen LogP contribution in [-0.2, 0) is 17.1 Å². The summed E-state index contributed by atoms with van der Waals surface area (Å²) in [5.74, 6) is -1.30. The second-order valence-corrected chi connectivity index (χ2v) is 8.35. The molecule has 0 spiro atoms. The number of nitriles is 1. The van der Waals surface area contributed by atoms with Crippen LogP contribution in [0.15, 0.2) is 64.5 Å². The zero-order valence-corrected chi connectivity index (χ0v) is 20.0. The molecule has 0 aliphatic rings. The minimum atomic E-state index is -5.05. The summed E-state index contributed by atoms with van der Waals surface area (Å²) < 4.78 is 84.4. The molecular weight excluding hydrogens is 538 g/mol. The fraction of sp³-hybridized carbons (Fsp3) is 0.167. The van der Waals surface area contributed by atoms with Gasteiger partial charge in [-0.05, 0) is 43.3 Å². The van der Waals surface area contributed by atoms with E-state index in [2.05, 4.69) is 20.4 Å². The summed E-state index contributed by atoms with van der Waals surface area (Å²) in [6.07, 6.45) is -9.67. The lowest BCUT2D eigenvalue weighted by atomic mass is 10.1. The van der Waals surface area contributed by atoms with Crippen LogP contribution in [0.2, 0.25) is 0 Å². The third-order valence-electron chi connectivity index (χ3n) is 4.66. The molecule has 0 saturated heterocycles. The number of anilines is 2. The molecule has 0 aliphatic heterocycles. The predicted molar refractivity (Wildman–Crippen MR) is 125 cm³/mol. The molecule has 0 unspecified atom stereocenters. The van der Waals surface area contributed by atoms with Gasteiger partial charge in [0.2, 0.25) is 0 Å². The van der Waals surface area contributed by atoms with Gasteiger partial charge in [0.05, 0.1) is 29.0 Å². The first-order valence-corrected chi connectivity index (χ1v) is 11.4. The number of benzene rings is 2. The van der Waals surface area contributed by atoms with Crippen molar-refractivity contribution in [3.63, 3.8) is 0 Å². The Morgan fingerprint density at radius 2 is 1.71 bits per heavy atom. The quantitative estimate of drug-likeness (QED) is 0.252. The zero-order chi connectivity index (χ0) is 28.1. The molecule has 0 bridgehead atoms. The number of alkyl halides is 6. The molecule has 2 amide bonds. The SMILES string of the molecule is CCOC(=O)c1cc(C#N)c(Sc2ccccc2NC(=O)Nc2cccc(C(F)(F)F)c2)nc1C(F)(F)F. The van der Waals surface area contributed by atoms with Crippen LogP contribution in [0.4, 0.5) is 42.5 Å². The summed E-state index contributed by atoms with van der Waals surface area (Å²) >= 11 is 0.607.